The molecule has 3 heteroatoms. The van der Waals surface area contributed by atoms with Crippen LogP contribution in [0.3, 0.4) is 0 Å². The zero-order valence-electron chi connectivity index (χ0n) is 10.3. The lowest BCUT2D eigenvalue weighted by molar-refractivity contribution is -0.126. The van der Waals surface area contributed by atoms with E-state index < -0.39 is 0 Å². The van der Waals surface area contributed by atoms with E-state index in [-0.39, 0.29) is 11.8 Å². The fourth-order valence-electron chi connectivity index (χ4n) is 2.99. The third-order valence-electron chi connectivity index (χ3n) is 4.14. The number of hydrogen-bond donors (Lipinski definition) is 2. The van der Waals surface area contributed by atoms with E-state index in [1.165, 1.54) is 25.7 Å². The second kappa shape index (κ2) is 5.67. The molecule has 1 saturated carbocycles. The Morgan fingerprint density at radius 1 is 1.25 bits per heavy atom. The number of rotatable bonds is 3. The van der Waals surface area contributed by atoms with Gasteiger partial charge in [-0.1, -0.05) is 12.8 Å². The summed E-state index contributed by atoms with van der Waals surface area (Å²) < 4.78 is 0. The van der Waals surface area contributed by atoms with Gasteiger partial charge >= 0.3 is 0 Å². The predicted octanol–water partition coefficient (Wildman–Crippen LogP) is 1.68. The minimum atomic E-state index is 0.206. The maximum Gasteiger partial charge on any atom is 0.224 e. The van der Waals surface area contributed by atoms with Gasteiger partial charge in [-0.3, -0.25) is 4.79 Å². The first-order valence-corrected chi connectivity index (χ1v) is 6.78. The first kappa shape index (κ1) is 11.9. The number of hydrogen-bond acceptors (Lipinski definition) is 2. The molecule has 2 atom stereocenters. The van der Waals surface area contributed by atoms with Crippen LogP contribution in [-0.2, 0) is 4.79 Å². The van der Waals surface area contributed by atoms with Gasteiger partial charge in [0.1, 0.15) is 0 Å². The Labute approximate surface area is 98.4 Å². The average Bonchev–Trinajstić information content (AvgIpc) is 2.83. The molecule has 2 aliphatic rings. The normalized spacial score (nSPS) is 28.9. The van der Waals surface area contributed by atoms with Gasteiger partial charge in [-0.05, 0) is 45.1 Å². The van der Waals surface area contributed by atoms with E-state index in [2.05, 4.69) is 17.6 Å². The van der Waals surface area contributed by atoms with Crippen LogP contribution < -0.4 is 10.6 Å². The van der Waals surface area contributed by atoms with Crippen molar-refractivity contribution in [2.75, 3.05) is 13.1 Å². The fraction of sp³-hybridized carbons (Fsp3) is 0.923. The van der Waals surface area contributed by atoms with E-state index in [0.29, 0.717) is 6.04 Å². The molecule has 3 nitrogen and oxygen atoms in total. The third-order valence-corrected chi connectivity index (χ3v) is 4.14. The van der Waals surface area contributed by atoms with Gasteiger partial charge in [-0.2, -0.15) is 0 Å². The highest BCUT2D eigenvalue weighted by Gasteiger charge is 2.26. The summed E-state index contributed by atoms with van der Waals surface area (Å²) in [5.41, 5.74) is 0. The van der Waals surface area contributed by atoms with E-state index in [4.69, 9.17) is 0 Å². The molecule has 0 aromatic rings. The van der Waals surface area contributed by atoms with Gasteiger partial charge in [0.15, 0.2) is 0 Å². The summed E-state index contributed by atoms with van der Waals surface area (Å²) >= 11 is 0. The van der Waals surface area contributed by atoms with Gasteiger partial charge in [-0.15, -0.1) is 0 Å². The maximum atomic E-state index is 12.0. The molecule has 92 valence electrons. The van der Waals surface area contributed by atoms with Gasteiger partial charge in [-0.25, -0.2) is 0 Å². The summed E-state index contributed by atoms with van der Waals surface area (Å²) in [6.45, 7) is 4.11. The standard InChI is InChI=1S/C13H24N2O/c1-10(11-5-2-3-6-11)15-13(16)12-7-4-8-14-9-12/h10-12,14H,2-9H2,1H3,(H,15,16)/t10?,12-/m0/s1. The molecule has 1 heterocycles. The van der Waals surface area contributed by atoms with Crippen LogP contribution in [0.5, 0.6) is 0 Å². The molecule has 1 amide bonds. The Kier molecular flexibility index (Phi) is 4.22. The van der Waals surface area contributed by atoms with Crippen LogP contribution >= 0.6 is 0 Å². The lowest BCUT2D eigenvalue weighted by Gasteiger charge is -2.26. The van der Waals surface area contributed by atoms with E-state index in [9.17, 15) is 4.79 Å². The highest BCUT2D eigenvalue weighted by Crippen LogP contribution is 2.27. The molecular formula is C13H24N2O. The number of carbonyl (C=O) groups excluding carboxylic acids is 1. The lowest BCUT2D eigenvalue weighted by Crippen LogP contribution is -2.45. The summed E-state index contributed by atoms with van der Waals surface area (Å²) in [5.74, 6) is 1.20. The maximum absolute atomic E-state index is 12.0. The van der Waals surface area contributed by atoms with Crippen molar-refractivity contribution in [1.82, 2.24) is 10.6 Å². The minimum Gasteiger partial charge on any atom is -0.353 e. The quantitative estimate of drug-likeness (QED) is 0.766. The van der Waals surface area contributed by atoms with Crippen molar-refractivity contribution in [3.8, 4) is 0 Å². The zero-order valence-corrected chi connectivity index (χ0v) is 10.3. The molecule has 0 spiro atoms. The summed E-state index contributed by atoms with van der Waals surface area (Å²) in [6.07, 6.45) is 7.46. The largest absolute Gasteiger partial charge is 0.353 e. The smallest absolute Gasteiger partial charge is 0.224 e. The van der Waals surface area contributed by atoms with Crippen molar-refractivity contribution < 1.29 is 4.79 Å². The molecule has 2 rings (SSSR count). The second-order valence-corrected chi connectivity index (χ2v) is 5.39. The van der Waals surface area contributed by atoms with Gasteiger partial charge in [0.05, 0.1) is 5.92 Å². The third kappa shape index (κ3) is 2.97. The molecule has 1 aliphatic heterocycles. The fourth-order valence-corrected chi connectivity index (χ4v) is 2.99. The summed E-state index contributed by atoms with van der Waals surface area (Å²) in [4.78, 5) is 12.0. The molecule has 16 heavy (non-hydrogen) atoms. The van der Waals surface area contributed by atoms with Crippen LogP contribution in [0, 0.1) is 11.8 Å². The van der Waals surface area contributed by atoms with Crippen molar-refractivity contribution in [2.24, 2.45) is 11.8 Å². The first-order chi connectivity index (χ1) is 7.77. The van der Waals surface area contributed by atoms with Crippen molar-refractivity contribution in [3.05, 3.63) is 0 Å². The Morgan fingerprint density at radius 3 is 2.62 bits per heavy atom. The monoisotopic (exact) mass is 224 g/mol. The van der Waals surface area contributed by atoms with Crippen molar-refractivity contribution >= 4 is 5.91 Å². The van der Waals surface area contributed by atoms with Crippen LogP contribution in [0.2, 0.25) is 0 Å². The SMILES string of the molecule is CC(NC(=O)[C@H]1CCCNC1)C1CCCC1. The van der Waals surface area contributed by atoms with Crippen LogP contribution in [0.1, 0.15) is 45.4 Å². The molecule has 1 aliphatic carbocycles. The van der Waals surface area contributed by atoms with Crippen LogP contribution in [0.4, 0.5) is 0 Å². The Bertz CT molecular complexity index is 230. The number of carbonyl (C=O) groups is 1. The predicted molar refractivity (Wildman–Crippen MR) is 65.2 cm³/mol. The summed E-state index contributed by atoms with van der Waals surface area (Å²) in [7, 11) is 0. The minimum absolute atomic E-state index is 0.206. The van der Waals surface area contributed by atoms with Crippen molar-refractivity contribution in [2.45, 2.75) is 51.5 Å². The highest BCUT2D eigenvalue weighted by molar-refractivity contribution is 5.79. The molecular weight excluding hydrogens is 200 g/mol. The topological polar surface area (TPSA) is 41.1 Å². The number of nitrogens with one attached hydrogen (secondary N) is 2. The second-order valence-electron chi connectivity index (χ2n) is 5.39. The van der Waals surface area contributed by atoms with Gasteiger partial charge < -0.3 is 10.6 Å². The van der Waals surface area contributed by atoms with E-state index >= 15 is 0 Å². The molecule has 0 radical (unpaired) electrons. The number of amides is 1. The highest BCUT2D eigenvalue weighted by atomic mass is 16.2. The van der Waals surface area contributed by atoms with Gasteiger partial charge in [0.25, 0.3) is 0 Å². The summed E-state index contributed by atoms with van der Waals surface area (Å²) in [6, 6.07) is 0.372. The Balaban J connectivity index is 1.76. The molecule has 0 aromatic heterocycles. The molecule has 1 saturated heterocycles. The zero-order chi connectivity index (χ0) is 11.4. The van der Waals surface area contributed by atoms with E-state index in [0.717, 1.165) is 31.8 Å². The van der Waals surface area contributed by atoms with Crippen LogP contribution in [0.15, 0.2) is 0 Å². The van der Waals surface area contributed by atoms with Crippen molar-refractivity contribution in [1.29, 1.82) is 0 Å². The first-order valence-electron chi connectivity index (χ1n) is 6.78. The molecule has 0 bridgehead atoms. The van der Waals surface area contributed by atoms with Crippen molar-refractivity contribution in [3.63, 3.8) is 0 Å². The average molecular weight is 224 g/mol. The molecule has 1 unspecified atom stereocenters. The van der Waals surface area contributed by atoms with Gasteiger partial charge in [0.2, 0.25) is 5.91 Å². The van der Waals surface area contributed by atoms with E-state index in [1.807, 2.05) is 0 Å². The Hall–Kier alpha value is -0.570. The van der Waals surface area contributed by atoms with Gasteiger partial charge in [0, 0.05) is 12.6 Å². The molecule has 2 fully saturated rings. The lowest BCUT2D eigenvalue weighted by atomic mass is 9.96. The summed E-state index contributed by atoms with van der Waals surface area (Å²) in [5, 5.41) is 6.51. The Morgan fingerprint density at radius 2 is 2.00 bits per heavy atom. The molecule has 0 aromatic carbocycles. The number of piperidine rings is 1. The van der Waals surface area contributed by atoms with E-state index in [1.54, 1.807) is 0 Å². The van der Waals surface area contributed by atoms with Crippen LogP contribution in [-0.4, -0.2) is 25.0 Å². The van der Waals surface area contributed by atoms with Crippen LogP contribution in [0.25, 0.3) is 0 Å². The molecule has 2 N–H and O–H groups in total.